The minimum Gasteiger partial charge on any atom is -0.309 e. The van der Waals surface area contributed by atoms with Crippen molar-refractivity contribution in [2.75, 3.05) is 19.6 Å². The summed E-state index contributed by atoms with van der Waals surface area (Å²) in [6.07, 6.45) is -0.0884. The minimum atomic E-state index is -4.57. The molecule has 0 bridgehead atoms. The van der Waals surface area contributed by atoms with Crippen molar-refractivity contribution >= 4 is 0 Å². The summed E-state index contributed by atoms with van der Waals surface area (Å²) in [4.78, 5) is 2.33. The van der Waals surface area contributed by atoms with E-state index < -0.39 is 12.5 Å². The molecule has 0 radical (unpaired) electrons. The van der Waals surface area contributed by atoms with Crippen LogP contribution in [0.5, 0.6) is 0 Å². The van der Waals surface area contributed by atoms with E-state index in [0.717, 1.165) is 25.2 Å². The number of alkyl halides is 3. The Bertz CT molecular complexity index is 382. The molecule has 1 fully saturated rings. The van der Waals surface area contributed by atoms with Gasteiger partial charge >= 0.3 is 6.36 Å². The minimum absolute atomic E-state index is 0.280. The summed E-state index contributed by atoms with van der Waals surface area (Å²) in [6, 6.07) is 0.876. The lowest BCUT2D eigenvalue weighted by molar-refractivity contribution is -0.336. The monoisotopic (exact) mass is 290 g/mol. The molecule has 3 nitrogen and oxygen atoms in total. The molecule has 0 aromatic heterocycles. The van der Waals surface area contributed by atoms with Crippen LogP contribution in [-0.4, -0.2) is 49.1 Å². The molecule has 114 valence electrons. The van der Waals surface area contributed by atoms with E-state index >= 15 is 0 Å². The summed E-state index contributed by atoms with van der Waals surface area (Å²) in [5.41, 5.74) is 1.06. The van der Waals surface area contributed by atoms with E-state index in [1.807, 2.05) is 6.08 Å². The summed E-state index contributed by atoms with van der Waals surface area (Å²) in [5, 5.41) is 3.46. The molecule has 0 amide bonds. The Balaban J connectivity index is 1.82. The first-order chi connectivity index (χ1) is 9.32. The summed E-state index contributed by atoms with van der Waals surface area (Å²) in [5.74, 6) is 0. The highest BCUT2D eigenvalue weighted by Gasteiger charge is 2.33. The molecule has 1 saturated heterocycles. The Hall–Kier alpha value is -0.850. The summed E-state index contributed by atoms with van der Waals surface area (Å²) >= 11 is 0. The molecule has 3 atom stereocenters. The molecule has 0 aromatic rings. The Morgan fingerprint density at radius 2 is 1.95 bits per heavy atom. The summed E-state index contributed by atoms with van der Waals surface area (Å²) in [6.45, 7) is 6.98. The van der Waals surface area contributed by atoms with Crippen LogP contribution >= 0.6 is 0 Å². The van der Waals surface area contributed by atoms with Crippen molar-refractivity contribution in [1.29, 1.82) is 0 Å². The van der Waals surface area contributed by atoms with Gasteiger partial charge in [-0.2, -0.15) is 0 Å². The third kappa shape index (κ3) is 4.92. The Morgan fingerprint density at radius 1 is 1.30 bits per heavy atom. The highest BCUT2D eigenvalue weighted by molar-refractivity contribution is 5.26. The van der Waals surface area contributed by atoms with E-state index in [4.69, 9.17) is 0 Å². The van der Waals surface area contributed by atoms with Crippen molar-refractivity contribution in [2.45, 2.75) is 44.8 Å². The van der Waals surface area contributed by atoms with Gasteiger partial charge < -0.3 is 5.32 Å². The molecule has 0 aromatic carbocycles. The molecule has 1 unspecified atom stereocenters. The van der Waals surface area contributed by atoms with Gasteiger partial charge in [-0.15, -0.1) is 13.2 Å². The molecule has 2 aliphatic rings. The van der Waals surface area contributed by atoms with Gasteiger partial charge in [0.15, 0.2) is 0 Å². The van der Waals surface area contributed by atoms with Crippen LogP contribution < -0.4 is 5.32 Å². The van der Waals surface area contributed by atoms with Gasteiger partial charge in [0.05, 0.1) is 6.10 Å². The van der Waals surface area contributed by atoms with E-state index in [1.165, 1.54) is 6.08 Å². The van der Waals surface area contributed by atoms with E-state index in [9.17, 15) is 13.2 Å². The molecule has 6 heteroatoms. The lowest BCUT2D eigenvalue weighted by atomic mass is 10.0. The number of hydrogen-bond donors (Lipinski definition) is 1. The van der Waals surface area contributed by atoms with Crippen LogP contribution in [0.4, 0.5) is 13.2 Å². The average Bonchev–Trinajstić information content (AvgIpc) is 2.28. The van der Waals surface area contributed by atoms with Crippen molar-refractivity contribution in [1.82, 2.24) is 10.2 Å². The number of ether oxygens (including phenoxy) is 1. The maximum absolute atomic E-state index is 12.1. The van der Waals surface area contributed by atoms with Gasteiger partial charge in [0.1, 0.15) is 0 Å². The maximum Gasteiger partial charge on any atom is 0.523 e. The number of nitrogens with one attached hydrogen (secondary N) is 1. The molecule has 1 heterocycles. The normalized spacial score (nSPS) is 32.2. The van der Waals surface area contributed by atoms with Crippen LogP contribution in [0, 0.1) is 0 Å². The third-order valence-electron chi connectivity index (χ3n) is 3.46. The van der Waals surface area contributed by atoms with Crippen LogP contribution in [0.1, 0.15) is 20.3 Å². The fourth-order valence-electron chi connectivity index (χ4n) is 2.85. The zero-order valence-electron chi connectivity index (χ0n) is 11.8. The van der Waals surface area contributed by atoms with Crippen LogP contribution in [0.3, 0.4) is 0 Å². The lowest BCUT2D eigenvalue weighted by Crippen LogP contribution is -2.54. The number of piperazine rings is 1. The molecular formula is C14H21F3N2O. The second-order valence-corrected chi connectivity index (χ2v) is 5.64. The van der Waals surface area contributed by atoms with Gasteiger partial charge in [-0.1, -0.05) is 18.2 Å². The van der Waals surface area contributed by atoms with E-state index in [2.05, 4.69) is 28.8 Å². The van der Waals surface area contributed by atoms with Crippen molar-refractivity contribution < 1.29 is 17.9 Å². The molecule has 2 rings (SSSR count). The van der Waals surface area contributed by atoms with Crippen molar-refractivity contribution in [3.8, 4) is 0 Å². The SMILES string of the molecule is C[C@@H]1CN(CC2=CCC(OC(F)(F)F)C=C2)C[C@H](C)N1. The number of nitrogens with zero attached hydrogens (tertiary/aromatic N) is 1. The van der Waals surface area contributed by atoms with Gasteiger partial charge in [0, 0.05) is 31.7 Å². The Morgan fingerprint density at radius 3 is 2.45 bits per heavy atom. The highest BCUT2D eigenvalue weighted by atomic mass is 19.4. The Labute approximate surface area is 117 Å². The first-order valence-electron chi connectivity index (χ1n) is 6.92. The van der Waals surface area contributed by atoms with E-state index in [0.29, 0.717) is 12.1 Å². The largest absolute Gasteiger partial charge is 0.523 e. The first-order valence-corrected chi connectivity index (χ1v) is 6.92. The predicted molar refractivity (Wildman–Crippen MR) is 71.3 cm³/mol. The van der Waals surface area contributed by atoms with Crippen LogP contribution in [0.2, 0.25) is 0 Å². The maximum atomic E-state index is 12.1. The van der Waals surface area contributed by atoms with Gasteiger partial charge in [0.25, 0.3) is 0 Å². The second kappa shape index (κ2) is 6.28. The molecule has 1 aliphatic heterocycles. The zero-order chi connectivity index (χ0) is 14.8. The molecule has 0 spiro atoms. The fourth-order valence-corrected chi connectivity index (χ4v) is 2.85. The summed E-state index contributed by atoms with van der Waals surface area (Å²) < 4.78 is 40.3. The van der Waals surface area contributed by atoms with Crippen molar-refractivity contribution in [3.63, 3.8) is 0 Å². The van der Waals surface area contributed by atoms with Crippen molar-refractivity contribution in [3.05, 3.63) is 23.8 Å². The van der Waals surface area contributed by atoms with Gasteiger partial charge in [-0.3, -0.25) is 9.64 Å². The number of halogens is 3. The highest BCUT2D eigenvalue weighted by Crippen LogP contribution is 2.24. The van der Waals surface area contributed by atoms with Gasteiger partial charge in [-0.25, -0.2) is 0 Å². The smallest absolute Gasteiger partial charge is 0.309 e. The molecule has 0 saturated carbocycles. The topological polar surface area (TPSA) is 24.5 Å². The first kappa shape index (κ1) is 15.5. The predicted octanol–water partition coefficient (Wildman–Crippen LogP) is 2.46. The average molecular weight is 290 g/mol. The van der Waals surface area contributed by atoms with E-state index in [1.54, 1.807) is 6.08 Å². The molecule has 1 N–H and O–H groups in total. The quantitative estimate of drug-likeness (QED) is 0.864. The molecule has 1 aliphatic carbocycles. The fraction of sp³-hybridized carbons (Fsp3) is 0.714. The van der Waals surface area contributed by atoms with Crippen molar-refractivity contribution in [2.24, 2.45) is 0 Å². The number of hydrogen-bond acceptors (Lipinski definition) is 3. The van der Waals surface area contributed by atoms with Crippen LogP contribution in [-0.2, 0) is 4.74 Å². The third-order valence-corrected chi connectivity index (χ3v) is 3.46. The van der Waals surface area contributed by atoms with E-state index in [-0.39, 0.29) is 6.42 Å². The molecular weight excluding hydrogens is 269 g/mol. The summed E-state index contributed by atoms with van der Waals surface area (Å²) in [7, 11) is 0. The number of rotatable bonds is 3. The molecule has 20 heavy (non-hydrogen) atoms. The standard InChI is InChI=1S/C14H21F3N2O/c1-10-7-19(8-11(2)18-10)9-12-3-5-13(6-4-12)20-14(15,16)17/h3-5,10-11,13,18H,6-9H2,1-2H3/t10-,11+,13?. The van der Waals surface area contributed by atoms with Crippen LogP contribution in [0.15, 0.2) is 23.8 Å². The second-order valence-electron chi connectivity index (χ2n) is 5.64. The van der Waals surface area contributed by atoms with Crippen LogP contribution in [0.25, 0.3) is 0 Å². The Kier molecular flexibility index (Phi) is 4.88. The van der Waals surface area contributed by atoms with Gasteiger partial charge in [0.2, 0.25) is 0 Å². The lowest BCUT2D eigenvalue weighted by Gasteiger charge is -2.36. The zero-order valence-corrected chi connectivity index (χ0v) is 11.8. The van der Waals surface area contributed by atoms with Gasteiger partial charge in [-0.05, 0) is 25.8 Å².